The van der Waals surface area contributed by atoms with Gasteiger partial charge in [0.05, 0.1) is 12.2 Å². The number of aryl methyl sites for hydroxylation is 1. The molecule has 0 bridgehead atoms. The first-order valence-electron chi connectivity index (χ1n) is 3.87. The van der Waals surface area contributed by atoms with Crippen molar-refractivity contribution >= 4 is 0 Å². The van der Waals surface area contributed by atoms with Gasteiger partial charge < -0.3 is 4.74 Å². The first-order valence-corrected chi connectivity index (χ1v) is 3.87. The fourth-order valence-corrected chi connectivity index (χ4v) is 1.12. The van der Waals surface area contributed by atoms with Crippen LogP contribution in [0, 0.1) is 24.1 Å². The van der Waals surface area contributed by atoms with Gasteiger partial charge in [-0.25, -0.2) is 4.39 Å². The van der Waals surface area contributed by atoms with Crippen LogP contribution in [0.15, 0.2) is 12.1 Å². The zero-order valence-electron chi connectivity index (χ0n) is 7.60. The van der Waals surface area contributed by atoms with Crippen LogP contribution in [0.4, 0.5) is 4.39 Å². The van der Waals surface area contributed by atoms with E-state index in [0.717, 1.165) is 11.1 Å². The van der Waals surface area contributed by atoms with E-state index in [4.69, 9.17) is 10.00 Å². The molecule has 0 amide bonds. The lowest BCUT2D eigenvalue weighted by molar-refractivity contribution is 0.184. The quantitative estimate of drug-likeness (QED) is 0.696. The van der Waals surface area contributed by atoms with Gasteiger partial charge in [0.1, 0.15) is 11.9 Å². The number of halogens is 1. The molecule has 0 atom stereocenters. The maximum atomic E-state index is 13.1. The first kappa shape index (κ1) is 9.69. The number of benzene rings is 1. The molecule has 0 aliphatic carbocycles. The SMILES string of the molecule is COCc1cc(F)c(C#N)cc1C. The number of methoxy groups -OCH3 is 1. The molecule has 0 saturated heterocycles. The fraction of sp³-hybridized carbons (Fsp3) is 0.300. The number of rotatable bonds is 2. The highest BCUT2D eigenvalue weighted by Crippen LogP contribution is 2.15. The lowest BCUT2D eigenvalue weighted by Gasteiger charge is -2.05. The largest absolute Gasteiger partial charge is 0.380 e. The molecule has 0 radical (unpaired) electrons. The summed E-state index contributed by atoms with van der Waals surface area (Å²) in [4.78, 5) is 0. The third kappa shape index (κ3) is 2.04. The highest BCUT2D eigenvalue weighted by Gasteiger charge is 2.05. The molecule has 0 spiro atoms. The van der Waals surface area contributed by atoms with Crippen LogP contribution in [0.25, 0.3) is 0 Å². The second kappa shape index (κ2) is 4.01. The molecule has 13 heavy (non-hydrogen) atoms. The Balaban J connectivity index is 3.14. The molecule has 0 aliphatic rings. The molecule has 0 saturated carbocycles. The molecule has 1 rings (SSSR count). The van der Waals surface area contributed by atoms with E-state index < -0.39 is 5.82 Å². The van der Waals surface area contributed by atoms with E-state index in [1.807, 2.05) is 6.92 Å². The summed E-state index contributed by atoms with van der Waals surface area (Å²) in [5.41, 5.74) is 1.73. The minimum absolute atomic E-state index is 0.0809. The van der Waals surface area contributed by atoms with Crippen LogP contribution in [-0.2, 0) is 11.3 Å². The van der Waals surface area contributed by atoms with Crippen molar-refractivity contribution in [3.05, 3.63) is 34.6 Å². The summed E-state index contributed by atoms with van der Waals surface area (Å²) in [5.74, 6) is -0.486. The van der Waals surface area contributed by atoms with Crippen molar-refractivity contribution in [1.82, 2.24) is 0 Å². The molecular formula is C10H10FNO. The van der Waals surface area contributed by atoms with Crippen LogP contribution in [-0.4, -0.2) is 7.11 Å². The zero-order valence-corrected chi connectivity index (χ0v) is 7.60. The Morgan fingerprint density at radius 1 is 1.54 bits per heavy atom. The molecule has 0 fully saturated rings. The molecular weight excluding hydrogens is 169 g/mol. The minimum Gasteiger partial charge on any atom is -0.380 e. The second-order valence-corrected chi connectivity index (χ2v) is 2.80. The third-order valence-corrected chi connectivity index (χ3v) is 1.85. The van der Waals surface area contributed by atoms with Crippen molar-refractivity contribution in [2.45, 2.75) is 13.5 Å². The van der Waals surface area contributed by atoms with Crippen molar-refractivity contribution in [2.24, 2.45) is 0 Å². The molecule has 68 valence electrons. The molecule has 0 N–H and O–H groups in total. The Morgan fingerprint density at radius 3 is 2.77 bits per heavy atom. The average Bonchev–Trinajstić information content (AvgIpc) is 2.11. The van der Waals surface area contributed by atoms with Gasteiger partial charge in [0.25, 0.3) is 0 Å². The molecule has 1 aromatic carbocycles. The van der Waals surface area contributed by atoms with Gasteiger partial charge in [0.15, 0.2) is 0 Å². The van der Waals surface area contributed by atoms with E-state index in [2.05, 4.69) is 0 Å². The maximum Gasteiger partial charge on any atom is 0.141 e. The summed E-state index contributed by atoms with van der Waals surface area (Å²) >= 11 is 0. The van der Waals surface area contributed by atoms with E-state index in [9.17, 15) is 4.39 Å². The predicted molar refractivity (Wildman–Crippen MR) is 46.6 cm³/mol. The summed E-state index contributed by atoms with van der Waals surface area (Å²) in [6.45, 7) is 2.20. The Morgan fingerprint density at radius 2 is 2.23 bits per heavy atom. The van der Waals surface area contributed by atoms with Gasteiger partial charge >= 0.3 is 0 Å². The van der Waals surface area contributed by atoms with Gasteiger partial charge in [-0.1, -0.05) is 0 Å². The lowest BCUT2D eigenvalue weighted by Crippen LogP contribution is -1.95. The highest BCUT2D eigenvalue weighted by molar-refractivity contribution is 5.38. The molecule has 0 heterocycles. The third-order valence-electron chi connectivity index (χ3n) is 1.85. The molecule has 0 aliphatic heterocycles. The average molecular weight is 179 g/mol. The van der Waals surface area contributed by atoms with Crippen LogP contribution in [0.5, 0.6) is 0 Å². The summed E-state index contributed by atoms with van der Waals surface area (Å²) in [7, 11) is 1.55. The van der Waals surface area contributed by atoms with Crippen LogP contribution in [0.2, 0.25) is 0 Å². The zero-order chi connectivity index (χ0) is 9.84. The smallest absolute Gasteiger partial charge is 0.141 e. The summed E-state index contributed by atoms with van der Waals surface area (Å²) in [6.07, 6.45) is 0. The van der Waals surface area contributed by atoms with Crippen LogP contribution < -0.4 is 0 Å². The van der Waals surface area contributed by atoms with E-state index in [-0.39, 0.29) is 5.56 Å². The van der Waals surface area contributed by atoms with Crippen molar-refractivity contribution in [3.8, 4) is 6.07 Å². The van der Waals surface area contributed by atoms with E-state index in [0.29, 0.717) is 6.61 Å². The lowest BCUT2D eigenvalue weighted by atomic mass is 10.1. The van der Waals surface area contributed by atoms with Crippen LogP contribution >= 0.6 is 0 Å². The van der Waals surface area contributed by atoms with Gasteiger partial charge in [0, 0.05) is 7.11 Å². The van der Waals surface area contributed by atoms with Crippen molar-refractivity contribution in [2.75, 3.05) is 7.11 Å². The van der Waals surface area contributed by atoms with Gasteiger partial charge in [-0.2, -0.15) is 5.26 Å². The number of hydrogen-bond donors (Lipinski definition) is 0. The monoisotopic (exact) mass is 179 g/mol. The van der Waals surface area contributed by atoms with Crippen molar-refractivity contribution in [1.29, 1.82) is 5.26 Å². The topological polar surface area (TPSA) is 33.0 Å². The fourth-order valence-electron chi connectivity index (χ4n) is 1.12. The van der Waals surface area contributed by atoms with E-state index in [1.165, 1.54) is 12.1 Å². The molecule has 0 unspecified atom stereocenters. The standard InChI is InChI=1S/C10H10FNO/c1-7-3-8(5-12)10(11)4-9(7)6-13-2/h3-4H,6H2,1-2H3. The minimum atomic E-state index is -0.486. The Hall–Kier alpha value is -1.40. The Labute approximate surface area is 76.6 Å². The van der Waals surface area contributed by atoms with Gasteiger partial charge in [-0.3, -0.25) is 0 Å². The Bertz CT molecular complexity index is 355. The van der Waals surface area contributed by atoms with Crippen molar-refractivity contribution in [3.63, 3.8) is 0 Å². The summed E-state index contributed by atoms with van der Waals surface area (Å²) in [6, 6.07) is 4.67. The normalized spacial score (nSPS) is 9.69. The second-order valence-electron chi connectivity index (χ2n) is 2.80. The van der Waals surface area contributed by atoms with Crippen molar-refractivity contribution < 1.29 is 9.13 Å². The van der Waals surface area contributed by atoms with Crippen LogP contribution in [0.1, 0.15) is 16.7 Å². The number of ether oxygens (including phenoxy) is 1. The molecule has 2 nitrogen and oxygen atoms in total. The first-order chi connectivity index (χ1) is 6.19. The molecule has 1 aromatic rings. The maximum absolute atomic E-state index is 13.1. The Kier molecular flexibility index (Phi) is 2.99. The molecule has 0 aromatic heterocycles. The van der Waals surface area contributed by atoms with Gasteiger partial charge in [-0.05, 0) is 30.2 Å². The van der Waals surface area contributed by atoms with E-state index in [1.54, 1.807) is 13.2 Å². The van der Waals surface area contributed by atoms with Crippen LogP contribution in [0.3, 0.4) is 0 Å². The van der Waals surface area contributed by atoms with Gasteiger partial charge in [-0.15, -0.1) is 0 Å². The summed E-state index contributed by atoms with van der Waals surface area (Å²) in [5, 5.41) is 8.54. The highest BCUT2D eigenvalue weighted by atomic mass is 19.1. The molecule has 3 heteroatoms. The number of nitriles is 1. The predicted octanol–water partition coefficient (Wildman–Crippen LogP) is 2.15. The summed E-state index contributed by atoms with van der Waals surface area (Å²) < 4.78 is 18.0. The number of hydrogen-bond acceptors (Lipinski definition) is 2. The van der Waals surface area contributed by atoms with E-state index >= 15 is 0 Å². The number of nitrogens with zero attached hydrogens (tertiary/aromatic N) is 1. The van der Waals surface area contributed by atoms with Gasteiger partial charge in [0.2, 0.25) is 0 Å².